The molecule has 0 radical (unpaired) electrons. The van der Waals surface area contributed by atoms with Crippen LogP contribution >= 0.6 is 15.9 Å². The number of halogens is 1. The highest BCUT2D eigenvalue weighted by Gasteiger charge is 2.36. The number of hydrogen-bond donors (Lipinski definition) is 0. The Morgan fingerprint density at radius 2 is 1.86 bits per heavy atom. The lowest BCUT2D eigenvalue weighted by Crippen LogP contribution is -2.41. The molecule has 1 unspecified atom stereocenters. The van der Waals surface area contributed by atoms with Gasteiger partial charge in [-0.3, -0.25) is 9.78 Å². The lowest BCUT2D eigenvalue weighted by atomic mass is 10.2. The van der Waals surface area contributed by atoms with Crippen LogP contribution in [0.25, 0.3) is 0 Å². The second kappa shape index (κ2) is 9.64. The van der Waals surface area contributed by atoms with Crippen LogP contribution < -0.4 is 0 Å². The molecule has 1 aromatic carbocycles. The molecule has 1 amide bonds. The number of amides is 1. The molecule has 0 aliphatic carbocycles. The average Bonchev–Trinajstić information content (AvgIpc) is 2.65. The molecule has 29 heavy (non-hydrogen) atoms. The maximum absolute atomic E-state index is 13.7. The van der Waals surface area contributed by atoms with Crippen molar-refractivity contribution in [2.45, 2.75) is 50.2 Å². The maximum atomic E-state index is 13.7. The van der Waals surface area contributed by atoms with Gasteiger partial charge in [0, 0.05) is 34.1 Å². The van der Waals surface area contributed by atoms with E-state index in [9.17, 15) is 9.00 Å². The van der Waals surface area contributed by atoms with Gasteiger partial charge < -0.3 is 4.43 Å². The quantitative estimate of drug-likeness (QED) is 0.352. The van der Waals surface area contributed by atoms with Crippen LogP contribution in [-0.4, -0.2) is 35.8 Å². The van der Waals surface area contributed by atoms with E-state index < -0.39 is 24.0 Å². The first-order chi connectivity index (χ1) is 13.4. The number of benzene rings is 1. The number of carbonyl (C=O) groups is 1. The van der Waals surface area contributed by atoms with Crippen LogP contribution in [0.2, 0.25) is 18.1 Å². The molecule has 0 bridgehead atoms. The summed E-state index contributed by atoms with van der Waals surface area (Å²) in [5.74, 6) is -0.267. The summed E-state index contributed by atoms with van der Waals surface area (Å²) in [7, 11) is -4.79. The molecule has 0 aliphatic heterocycles. The van der Waals surface area contributed by atoms with Crippen molar-refractivity contribution in [2.24, 2.45) is 4.36 Å². The summed E-state index contributed by atoms with van der Waals surface area (Å²) in [6, 6.07) is 10.6. The smallest absolute Gasteiger partial charge is 0.286 e. The zero-order valence-corrected chi connectivity index (χ0v) is 21.0. The molecule has 0 aliphatic rings. The first-order valence-electron chi connectivity index (χ1n) is 9.53. The van der Waals surface area contributed by atoms with Gasteiger partial charge in [0.05, 0.1) is 15.3 Å². The van der Waals surface area contributed by atoms with Crippen LogP contribution in [0.4, 0.5) is 0 Å². The summed E-state index contributed by atoms with van der Waals surface area (Å²) in [6.07, 6.45) is 3.58. The van der Waals surface area contributed by atoms with Crippen molar-refractivity contribution in [2.75, 3.05) is 12.4 Å². The van der Waals surface area contributed by atoms with Crippen LogP contribution in [0.3, 0.4) is 0 Å². The van der Waals surface area contributed by atoms with Gasteiger partial charge in [0.25, 0.3) is 5.91 Å². The summed E-state index contributed by atoms with van der Waals surface area (Å²) in [5.41, 5.74) is 0.306. The molecule has 2 aromatic rings. The van der Waals surface area contributed by atoms with Gasteiger partial charge in [-0.25, -0.2) is 4.21 Å². The van der Waals surface area contributed by atoms with Gasteiger partial charge in [0.2, 0.25) is 0 Å². The van der Waals surface area contributed by atoms with E-state index in [0.29, 0.717) is 28.0 Å². The summed E-state index contributed by atoms with van der Waals surface area (Å²) >= 11 is 3.30. The Kier molecular flexibility index (Phi) is 7.95. The minimum absolute atomic E-state index is 0.113. The van der Waals surface area contributed by atoms with Crippen molar-refractivity contribution in [3.05, 3.63) is 58.8 Å². The van der Waals surface area contributed by atoms with Gasteiger partial charge in [-0.15, -0.1) is 0 Å². The zero-order chi connectivity index (χ0) is 21.7. The van der Waals surface area contributed by atoms with Crippen molar-refractivity contribution in [3.8, 4) is 0 Å². The number of carbonyl (C=O) groups excluding carboxylic acids is 1. The minimum Gasteiger partial charge on any atom is -0.417 e. The van der Waals surface area contributed by atoms with Crippen molar-refractivity contribution < 1.29 is 13.4 Å². The van der Waals surface area contributed by atoms with E-state index in [4.69, 9.17) is 4.43 Å². The molecule has 0 fully saturated rings. The number of aromatic nitrogens is 1. The fourth-order valence-corrected chi connectivity index (χ4v) is 5.71. The van der Waals surface area contributed by atoms with Crippen molar-refractivity contribution in [1.82, 2.24) is 4.98 Å². The lowest BCUT2D eigenvalue weighted by molar-refractivity contribution is 0.100. The minimum atomic E-state index is -2.91. The molecule has 1 atom stereocenters. The fraction of sp³-hybridized carbons (Fsp3) is 0.429. The van der Waals surface area contributed by atoms with Gasteiger partial charge in [-0.05, 0) is 58.7 Å². The monoisotopic (exact) mass is 496 g/mol. The highest BCUT2D eigenvalue weighted by Crippen LogP contribution is 2.36. The molecule has 8 heteroatoms. The zero-order valence-electron chi connectivity index (χ0n) is 17.6. The van der Waals surface area contributed by atoms with Crippen LogP contribution in [0.1, 0.15) is 37.6 Å². The van der Waals surface area contributed by atoms with E-state index in [0.717, 1.165) is 0 Å². The van der Waals surface area contributed by atoms with Gasteiger partial charge in [-0.1, -0.05) is 39.0 Å². The third-order valence-corrected chi connectivity index (χ3v) is 12.4. The summed E-state index contributed by atoms with van der Waals surface area (Å²) < 4.78 is 24.7. The van der Waals surface area contributed by atoms with Crippen LogP contribution in [0.15, 0.2) is 62.5 Å². The standard InChI is InChI=1S/C21H29BrN2O3SSi/c1-21(2,3)29(4,5)27-12-9-13-28(26,19-10-7-6-8-11-19)24-20(25)17-14-18(22)16-23-15-17/h6-8,10-11,14-16H,9,12-13H2,1-5H3. The Morgan fingerprint density at radius 3 is 2.45 bits per heavy atom. The number of nitrogens with zero attached hydrogens (tertiary/aromatic N) is 2. The number of hydrogen-bond acceptors (Lipinski definition) is 4. The molecule has 5 nitrogen and oxygen atoms in total. The Morgan fingerprint density at radius 1 is 1.21 bits per heavy atom. The fourth-order valence-electron chi connectivity index (χ4n) is 2.36. The van der Waals surface area contributed by atoms with E-state index >= 15 is 0 Å². The van der Waals surface area contributed by atoms with E-state index in [1.807, 2.05) is 18.2 Å². The van der Waals surface area contributed by atoms with Gasteiger partial charge in [0.15, 0.2) is 8.32 Å². The molecule has 0 saturated heterocycles. The van der Waals surface area contributed by atoms with Gasteiger partial charge in [0.1, 0.15) is 0 Å². The molecular weight excluding hydrogens is 468 g/mol. The summed E-state index contributed by atoms with van der Waals surface area (Å²) in [6.45, 7) is 11.4. The molecule has 0 spiro atoms. The predicted molar refractivity (Wildman–Crippen MR) is 124 cm³/mol. The lowest BCUT2D eigenvalue weighted by Gasteiger charge is -2.36. The van der Waals surface area contributed by atoms with Crippen LogP contribution in [-0.2, 0) is 14.2 Å². The third kappa shape index (κ3) is 6.57. The first-order valence-corrected chi connectivity index (χ1v) is 14.9. The van der Waals surface area contributed by atoms with Crippen LogP contribution in [0, 0.1) is 0 Å². The van der Waals surface area contributed by atoms with Gasteiger partial charge >= 0.3 is 0 Å². The van der Waals surface area contributed by atoms with E-state index in [1.54, 1.807) is 24.4 Å². The van der Waals surface area contributed by atoms with Crippen molar-refractivity contribution in [1.29, 1.82) is 0 Å². The third-order valence-electron chi connectivity index (χ3n) is 5.13. The van der Waals surface area contributed by atoms with E-state index in [-0.39, 0.29) is 10.8 Å². The van der Waals surface area contributed by atoms with Crippen molar-refractivity contribution >= 4 is 39.9 Å². The molecule has 0 N–H and O–H groups in total. The Labute approximate surface area is 183 Å². The molecule has 2 rings (SSSR count). The van der Waals surface area contributed by atoms with E-state index in [1.165, 1.54) is 6.20 Å². The highest BCUT2D eigenvalue weighted by atomic mass is 79.9. The van der Waals surface area contributed by atoms with Gasteiger partial charge in [-0.2, -0.15) is 4.36 Å². The molecular formula is C21H29BrN2O3SSi. The number of rotatable bonds is 7. The Hall–Kier alpha value is -1.35. The summed E-state index contributed by atoms with van der Waals surface area (Å²) in [4.78, 5) is 17.2. The first kappa shape index (κ1) is 23.9. The highest BCUT2D eigenvalue weighted by molar-refractivity contribution is 9.10. The largest absolute Gasteiger partial charge is 0.417 e. The predicted octanol–water partition coefficient (Wildman–Crippen LogP) is 5.92. The van der Waals surface area contributed by atoms with E-state index in [2.05, 4.69) is 59.1 Å². The number of pyridine rings is 1. The second-order valence-corrected chi connectivity index (χ2v) is 16.5. The maximum Gasteiger partial charge on any atom is 0.286 e. The topological polar surface area (TPSA) is 68.6 Å². The Balaban J connectivity index is 2.24. The normalized spacial score (nSPS) is 14.3. The summed E-state index contributed by atoms with van der Waals surface area (Å²) in [5, 5.41) is 0.113. The SMILES string of the molecule is CC(C)(C)[Si](C)(C)OCCCS(=O)(=NC(=O)c1cncc(Br)c1)c1ccccc1. The average molecular weight is 498 g/mol. The molecule has 0 saturated carbocycles. The molecule has 158 valence electrons. The molecule has 1 aromatic heterocycles. The second-order valence-electron chi connectivity index (χ2n) is 8.41. The molecule has 1 heterocycles. The Bertz CT molecular complexity index is 965. The van der Waals surface area contributed by atoms with Crippen LogP contribution in [0.5, 0.6) is 0 Å². The van der Waals surface area contributed by atoms with Crippen molar-refractivity contribution in [3.63, 3.8) is 0 Å².